The van der Waals surface area contributed by atoms with Crippen molar-refractivity contribution in [3.63, 3.8) is 0 Å². The molecule has 4 aromatic rings. The van der Waals surface area contributed by atoms with E-state index in [2.05, 4.69) is 9.97 Å². The van der Waals surface area contributed by atoms with Crippen molar-refractivity contribution in [2.45, 2.75) is 6.42 Å². The van der Waals surface area contributed by atoms with E-state index in [1.807, 2.05) is 36.5 Å². The molecule has 5 nitrogen and oxygen atoms in total. The Morgan fingerprint density at radius 2 is 2.08 bits per heavy atom. The lowest BCUT2D eigenvalue weighted by atomic mass is 10.0. The van der Waals surface area contributed by atoms with E-state index in [-0.39, 0.29) is 5.43 Å². The molecule has 1 aliphatic heterocycles. The van der Waals surface area contributed by atoms with Gasteiger partial charge in [-0.1, -0.05) is 18.2 Å². The molecule has 1 N–H and O–H groups in total. The van der Waals surface area contributed by atoms with Crippen LogP contribution >= 0.6 is 0 Å². The molecule has 0 saturated carbocycles. The fourth-order valence-corrected chi connectivity index (χ4v) is 3.47. The van der Waals surface area contributed by atoms with E-state index in [4.69, 9.17) is 9.15 Å². The number of pyridine rings is 1. The summed E-state index contributed by atoms with van der Waals surface area (Å²) < 4.78 is 11.6. The van der Waals surface area contributed by atoms with Gasteiger partial charge in [0.1, 0.15) is 11.5 Å². The monoisotopic (exact) mass is 344 g/mol. The molecule has 0 amide bonds. The number of aromatic amines is 1. The summed E-state index contributed by atoms with van der Waals surface area (Å²) in [6, 6.07) is 11.3. The Balaban J connectivity index is 1.81. The quantitative estimate of drug-likeness (QED) is 0.593. The molecule has 0 atom stereocenters. The van der Waals surface area contributed by atoms with Gasteiger partial charge in [-0.2, -0.15) is 0 Å². The van der Waals surface area contributed by atoms with Gasteiger partial charge in [-0.25, -0.2) is 0 Å². The number of hydrogen-bond donors (Lipinski definition) is 1. The van der Waals surface area contributed by atoms with Gasteiger partial charge in [0.2, 0.25) is 0 Å². The first-order chi connectivity index (χ1) is 12.8. The predicted octanol–water partition coefficient (Wildman–Crippen LogP) is 4.14. The fraction of sp³-hybridized carbons (Fsp3) is 0.143. The molecular weight excluding hydrogens is 328 g/mol. The maximum atomic E-state index is 12.7. The highest BCUT2D eigenvalue weighted by Crippen LogP contribution is 2.32. The number of fused-ring (bicyclic) bond motifs is 2. The van der Waals surface area contributed by atoms with Crippen LogP contribution in [0.3, 0.4) is 0 Å². The standard InChI is InChI=1S/C21H16N2O3/c24-18-12-19(13-6-10-25-11-7-13)26-21-16(18)5-9-23-20(21)15-2-1-3-17-14(15)4-8-22-17/h1-6,8-9,12,22H,7,10-11H2. The summed E-state index contributed by atoms with van der Waals surface area (Å²) in [4.78, 5) is 20.4. The highest BCUT2D eigenvalue weighted by molar-refractivity contribution is 6.01. The second kappa shape index (κ2) is 5.97. The third kappa shape index (κ3) is 2.36. The topological polar surface area (TPSA) is 68.1 Å². The molecule has 5 rings (SSSR count). The van der Waals surface area contributed by atoms with Crippen molar-refractivity contribution in [3.05, 3.63) is 70.9 Å². The van der Waals surface area contributed by atoms with Crippen molar-refractivity contribution in [2.75, 3.05) is 13.2 Å². The highest BCUT2D eigenvalue weighted by Gasteiger charge is 2.16. The molecule has 0 saturated heterocycles. The molecule has 0 radical (unpaired) electrons. The van der Waals surface area contributed by atoms with Crippen LogP contribution in [0.2, 0.25) is 0 Å². The zero-order chi connectivity index (χ0) is 17.5. The van der Waals surface area contributed by atoms with Gasteiger partial charge < -0.3 is 14.1 Å². The Morgan fingerprint density at radius 3 is 2.96 bits per heavy atom. The second-order valence-corrected chi connectivity index (χ2v) is 6.31. The third-order valence-corrected chi connectivity index (χ3v) is 4.77. The SMILES string of the molecule is O=c1cc(C2=CCOCC2)oc2c(-c3cccc4[nH]ccc34)nccc12. The van der Waals surface area contributed by atoms with E-state index >= 15 is 0 Å². The second-order valence-electron chi connectivity index (χ2n) is 6.31. The molecule has 4 heterocycles. The summed E-state index contributed by atoms with van der Waals surface area (Å²) in [6.45, 7) is 1.18. The number of ether oxygens (including phenoxy) is 1. The minimum absolute atomic E-state index is 0.0569. The maximum absolute atomic E-state index is 12.7. The normalized spacial score (nSPS) is 14.7. The van der Waals surface area contributed by atoms with Gasteiger partial charge in [0.05, 0.1) is 18.6 Å². The molecule has 0 bridgehead atoms. The lowest BCUT2D eigenvalue weighted by molar-refractivity contribution is 0.161. The Morgan fingerprint density at radius 1 is 1.12 bits per heavy atom. The first kappa shape index (κ1) is 15.1. The molecule has 0 fully saturated rings. The molecule has 1 aliphatic rings. The molecule has 3 aromatic heterocycles. The van der Waals surface area contributed by atoms with Gasteiger partial charge in [-0.05, 0) is 30.2 Å². The van der Waals surface area contributed by atoms with Crippen molar-refractivity contribution >= 4 is 27.4 Å². The lowest BCUT2D eigenvalue weighted by Crippen LogP contribution is -2.07. The molecule has 1 aromatic carbocycles. The highest BCUT2D eigenvalue weighted by atomic mass is 16.5. The molecule has 0 spiro atoms. The van der Waals surface area contributed by atoms with E-state index in [1.165, 1.54) is 0 Å². The van der Waals surface area contributed by atoms with Gasteiger partial charge in [0, 0.05) is 34.9 Å². The zero-order valence-electron chi connectivity index (χ0n) is 14.0. The van der Waals surface area contributed by atoms with Gasteiger partial charge in [-0.3, -0.25) is 9.78 Å². The number of hydrogen-bond acceptors (Lipinski definition) is 4. The van der Waals surface area contributed by atoms with Crippen LogP contribution in [-0.4, -0.2) is 23.2 Å². The first-order valence-corrected chi connectivity index (χ1v) is 8.58. The van der Waals surface area contributed by atoms with E-state index in [1.54, 1.807) is 18.3 Å². The van der Waals surface area contributed by atoms with Crippen LogP contribution in [0.5, 0.6) is 0 Å². The van der Waals surface area contributed by atoms with Crippen LogP contribution in [0.1, 0.15) is 12.2 Å². The van der Waals surface area contributed by atoms with E-state index in [0.717, 1.165) is 28.5 Å². The third-order valence-electron chi connectivity index (χ3n) is 4.77. The van der Waals surface area contributed by atoms with Crippen LogP contribution in [0.4, 0.5) is 0 Å². The minimum Gasteiger partial charge on any atom is -0.454 e. The molecule has 128 valence electrons. The minimum atomic E-state index is -0.0569. The zero-order valence-corrected chi connectivity index (χ0v) is 14.0. The summed E-state index contributed by atoms with van der Waals surface area (Å²) in [5, 5.41) is 1.59. The first-order valence-electron chi connectivity index (χ1n) is 8.58. The molecular formula is C21H16N2O3. The molecule has 0 unspecified atom stereocenters. The maximum Gasteiger partial charge on any atom is 0.193 e. The van der Waals surface area contributed by atoms with E-state index in [0.29, 0.717) is 35.6 Å². The summed E-state index contributed by atoms with van der Waals surface area (Å²) in [7, 11) is 0. The summed E-state index contributed by atoms with van der Waals surface area (Å²) in [5.41, 5.74) is 4.11. The molecule has 5 heteroatoms. The summed E-state index contributed by atoms with van der Waals surface area (Å²) in [6.07, 6.45) is 6.26. The van der Waals surface area contributed by atoms with Crippen molar-refractivity contribution in [1.82, 2.24) is 9.97 Å². The number of nitrogens with zero attached hydrogens (tertiary/aromatic N) is 1. The van der Waals surface area contributed by atoms with Crippen LogP contribution < -0.4 is 5.43 Å². The Kier molecular flexibility index (Phi) is 3.47. The number of H-pyrrole nitrogens is 1. The van der Waals surface area contributed by atoms with Crippen molar-refractivity contribution in [1.29, 1.82) is 0 Å². The van der Waals surface area contributed by atoms with Crippen molar-refractivity contribution < 1.29 is 9.15 Å². The Hall–Kier alpha value is -3.18. The van der Waals surface area contributed by atoms with Crippen molar-refractivity contribution in [2.24, 2.45) is 0 Å². The van der Waals surface area contributed by atoms with Gasteiger partial charge in [0.25, 0.3) is 0 Å². The van der Waals surface area contributed by atoms with Crippen molar-refractivity contribution in [3.8, 4) is 11.3 Å². The number of rotatable bonds is 2. The number of benzene rings is 1. The van der Waals surface area contributed by atoms with Crippen LogP contribution in [0.15, 0.2) is 64.1 Å². The van der Waals surface area contributed by atoms with Crippen LogP contribution in [-0.2, 0) is 4.74 Å². The largest absolute Gasteiger partial charge is 0.454 e. The smallest absolute Gasteiger partial charge is 0.193 e. The van der Waals surface area contributed by atoms with Crippen LogP contribution in [0, 0.1) is 0 Å². The molecule has 26 heavy (non-hydrogen) atoms. The number of aromatic nitrogens is 2. The molecule has 0 aliphatic carbocycles. The van der Waals surface area contributed by atoms with E-state index in [9.17, 15) is 4.79 Å². The predicted molar refractivity (Wildman–Crippen MR) is 101 cm³/mol. The Labute approximate surface area is 148 Å². The fourth-order valence-electron chi connectivity index (χ4n) is 3.47. The van der Waals surface area contributed by atoms with Gasteiger partial charge >= 0.3 is 0 Å². The average molecular weight is 344 g/mol. The average Bonchev–Trinajstić information content (AvgIpc) is 3.17. The van der Waals surface area contributed by atoms with Gasteiger partial charge in [-0.15, -0.1) is 0 Å². The lowest BCUT2D eigenvalue weighted by Gasteiger charge is -2.14. The Bertz CT molecular complexity index is 1220. The van der Waals surface area contributed by atoms with Gasteiger partial charge in [0.15, 0.2) is 11.0 Å². The van der Waals surface area contributed by atoms with Crippen LogP contribution in [0.25, 0.3) is 38.7 Å². The number of nitrogens with one attached hydrogen (secondary N) is 1. The summed E-state index contributed by atoms with van der Waals surface area (Å²) >= 11 is 0. The summed E-state index contributed by atoms with van der Waals surface area (Å²) in [5.74, 6) is 0.598. The van der Waals surface area contributed by atoms with E-state index < -0.39 is 0 Å².